The van der Waals surface area contributed by atoms with Crippen LogP contribution in [0.25, 0.3) is 12.2 Å². The number of nitrogens with zero attached hydrogens (tertiary/aromatic N) is 1. The van der Waals surface area contributed by atoms with Crippen LogP contribution >= 0.6 is 0 Å². The van der Waals surface area contributed by atoms with Crippen LogP contribution < -0.4 is 33.1 Å². The summed E-state index contributed by atoms with van der Waals surface area (Å²) in [7, 11) is 4.27. The number of methoxy groups -OCH3 is 6. The minimum absolute atomic E-state index is 0.0554. The Morgan fingerprint density at radius 2 is 1.18 bits per heavy atom. The Morgan fingerprint density at radius 3 is 1.64 bits per heavy atom. The van der Waals surface area contributed by atoms with Crippen LogP contribution in [0.15, 0.2) is 47.4 Å². The Kier molecular flexibility index (Phi) is 9.09. The summed E-state index contributed by atoms with van der Waals surface area (Å²) < 4.78 is 60.8. The normalized spacial score (nSPS) is 11.1. The van der Waals surface area contributed by atoms with Crippen molar-refractivity contribution in [2.75, 3.05) is 47.4 Å². The van der Waals surface area contributed by atoms with E-state index in [2.05, 4.69) is 4.72 Å². The molecule has 0 aliphatic carbocycles. The van der Waals surface area contributed by atoms with Crippen LogP contribution in [0.4, 0.5) is 11.4 Å². The highest BCUT2D eigenvalue weighted by Gasteiger charge is 2.24. The van der Waals surface area contributed by atoms with E-state index >= 15 is 0 Å². The lowest BCUT2D eigenvalue weighted by Crippen LogP contribution is -2.14. The Labute approximate surface area is 225 Å². The van der Waals surface area contributed by atoms with E-state index in [0.29, 0.717) is 28.4 Å². The van der Waals surface area contributed by atoms with E-state index in [0.717, 1.165) is 6.07 Å². The van der Waals surface area contributed by atoms with Gasteiger partial charge in [0.05, 0.1) is 58.2 Å². The van der Waals surface area contributed by atoms with Crippen molar-refractivity contribution < 1.29 is 41.8 Å². The van der Waals surface area contributed by atoms with Gasteiger partial charge in [0.2, 0.25) is 5.75 Å². The molecular weight excluding hydrogens is 532 g/mol. The van der Waals surface area contributed by atoms with Gasteiger partial charge in [-0.2, -0.15) is 0 Å². The standard InChI is InChI=1S/C26H28N2O10S/c1-33-21-10-9-18(15-20(21)28(29)30)39(31,32)27-19-11-16(12-22(34-2)25(19)37-5)7-8-17-13-23(35-3)26(38-6)24(14-17)36-4/h7-15,27H,1-6H3. The maximum atomic E-state index is 13.2. The highest BCUT2D eigenvalue weighted by atomic mass is 32.2. The number of hydrogen-bond acceptors (Lipinski definition) is 10. The molecule has 3 aromatic rings. The van der Waals surface area contributed by atoms with Gasteiger partial charge in [0.15, 0.2) is 28.7 Å². The zero-order valence-corrected chi connectivity index (χ0v) is 23.0. The van der Waals surface area contributed by atoms with Crippen molar-refractivity contribution in [2.45, 2.75) is 4.90 Å². The average Bonchev–Trinajstić information content (AvgIpc) is 2.94. The van der Waals surface area contributed by atoms with Crippen LogP contribution in [0.5, 0.6) is 34.5 Å². The van der Waals surface area contributed by atoms with Gasteiger partial charge in [-0.3, -0.25) is 14.8 Å². The number of rotatable bonds is 12. The van der Waals surface area contributed by atoms with Crippen LogP contribution in [0.2, 0.25) is 0 Å². The number of nitro groups is 1. The van der Waals surface area contributed by atoms with Gasteiger partial charge in [-0.1, -0.05) is 12.2 Å². The van der Waals surface area contributed by atoms with Crippen molar-refractivity contribution in [3.8, 4) is 34.5 Å². The number of benzene rings is 3. The molecule has 0 saturated heterocycles. The van der Waals surface area contributed by atoms with E-state index in [1.807, 2.05) is 0 Å². The third-order valence-corrected chi connectivity index (χ3v) is 6.92. The van der Waals surface area contributed by atoms with Gasteiger partial charge < -0.3 is 28.4 Å². The van der Waals surface area contributed by atoms with E-state index < -0.39 is 20.6 Å². The molecule has 12 nitrogen and oxygen atoms in total. The molecule has 0 unspecified atom stereocenters. The molecule has 0 aromatic heterocycles. The summed E-state index contributed by atoms with van der Waals surface area (Å²) in [6.45, 7) is 0. The maximum Gasteiger partial charge on any atom is 0.312 e. The first-order valence-electron chi connectivity index (χ1n) is 11.2. The fourth-order valence-electron chi connectivity index (χ4n) is 3.73. The topological polar surface area (TPSA) is 145 Å². The molecule has 0 bridgehead atoms. The van der Waals surface area contributed by atoms with Gasteiger partial charge >= 0.3 is 5.69 Å². The second-order valence-corrected chi connectivity index (χ2v) is 9.47. The molecule has 39 heavy (non-hydrogen) atoms. The van der Waals surface area contributed by atoms with E-state index in [4.69, 9.17) is 28.4 Å². The fraction of sp³-hybridized carbons (Fsp3) is 0.231. The number of ether oxygens (including phenoxy) is 6. The Balaban J connectivity index is 2.05. The Hall–Kier alpha value is -4.65. The van der Waals surface area contributed by atoms with Gasteiger partial charge in [-0.25, -0.2) is 8.42 Å². The quantitative estimate of drug-likeness (QED) is 0.189. The highest BCUT2D eigenvalue weighted by Crippen LogP contribution is 2.40. The number of anilines is 1. The summed E-state index contributed by atoms with van der Waals surface area (Å²) in [6.07, 6.45) is 3.48. The SMILES string of the molecule is COc1ccc(S(=O)(=O)Nc2cc(C=Cc3cc(OC)c(OC)c(OC)c3)cc(OC)c2OC)cc1[N+](=O)[O-]. The van der Waals surface area contributed by atoms with Gasteiger partial charge in [0, 0.05) is 6.07 Å². The van der Waals surface area contributed by atoms with Crippen molar-refractivity contribution in [1.29, 1.82) is 0 Å². The fourth-order valence-corrected chi connectivity index (χ4v) is 4.80. The summed E-state index contributed by atoms with van der Waals surface area (Å²) >= 11 is 0. The minimum Gasteiger partial charge on any atom is -0.493 e. The highest BCUT2D eigenvalue weighted by molar-refractivity contribution is 7.92. The van der Waals surface area contributed by atoms with Gasteiger partial charge in [-0.15, -0.1) is 0 Å². The molecule has 0 atom stereocenters. The van der Waals surface area contributed by atoms with Crippen LogP contribution in [0.1, 0.15) is 11.1 Å². The molecule has 208 valence electrons. The van der Waals surface area contributed by atoms with Crippen molar-refractivity contribution in [3.05, 3.63) is 63.7 Å². The first kappa shape index (κ1) is 28.9. The molecule has 0 aliphatic heterocycles. The summed E-state index contributed by atoms with van der Waals surface area (Å²) in [4.78, 5) is 10.3. The Bertz CT molecular complexity index is 1480. The van der Waals surface area contributed by atoms with Gasteiger partial charge in [-0.05, 0) is 47.5 Å². The van der Waals surface area contributed by atoms with Crippen LogP contribution in [-0.2, 0) is 10.0 Å². The number of nitrogens with one attached hydrogen (secondary N) is 1. The van der Waals surface area contributed by atoms with Crippen molar-refractivity contribution in [1.82, 2.24) is 0 Å². The summed E-state index contributed by atoms with van der Waals surface area (Å²) in [5.74, 6) is 1.67. The Morgan fingerprint density at radius 1 is 0.692 bits per heavy atom. The minimum atomic E-state index is -4.28. The predicted molar refractivity (Wildman–Crippen MR) is 145 cm³/mol. The van der Waals surface area contributed by atoms with E-state index in [1.165, 1.54) is 60.9 Å². The smallest absolute Gasteiger partial charge is 0.312 e. The summed E-state index contributed by atoms with van der Waals surface area (Å²) in [6, 6.07) is 10.0. The third-order valence-electron chi connectivity index (χ3n) is 5.56. The average molecular weight is 561 g/mol. The van der Waals surface area contributed by atoms with E-state index in [9.17, 15) is 18.5 Å². The number of nitro benzene ring substituents is 1. The van der Waals surface area contributed by atoms with Crippen molar-refractivity contribution in [2.24, 2.45) is 0 Å². The van der Waals surface area contributed by atoms with E-state index in [1.54, 1.807) is 30.4 Å². The second-order valence-electron chi connectivity index (χ2n) is 7.79. The lowest BCUT2D eigenvalue weighted by molar-refractivity contribution is -0.386. The summed E-state index contributed by atoms with van der Waals surface area (Å²) in [5, 5.41) is 11.4. The van der Waals surface area contributed by atoms with Crippen molar-refractivity contribution >= 4 is 33.6 Å². The molecule has 0 radical (unpaired) electrons. The summed E-state index contributed by atoms with van der Waals surface area (Å²) in [5.41, 5.74) is 0.832. The first-order valence-corrected chi connectivity index (χ1v) is 12.7. The number of sulfonamides is 1. The predicted octanol–water partition coefficient (Wildman–Crippen LogP) is 4.62. The molecule has 0 amide bonds. The van der Waals surface area contributed by atoms with Crippen LogP contribution in [0.3, 0.4) is 0 Å². The van der Waals surface area contributed by atoms with Crippen LogP contribution in [0, 0.1) is 10.1 Å². The monoisotopic (exact) mass is 560 g/mol. The van der Waals surface area contributed by atoms with E-state index in [-0.39, 0.29) is 27.8 Å². The third kappa shape index (κ3) is 6.26. The molecule has 0 saturated carbocycles. The first-order chi connectivity index (χ1) is 18.6. The number of hydrogen-bond donors (Lipinski definition) is 1. The molecule has 0 spiro atoms. The molecule has 1 N–H and O–H groups in total. The lowest BCUT2D eigenvalue weighted by Gasteiger charge is -2.16. The second kappa shape index (κ2) is 12.3. The molecular formula is C26H28N2O10S. The van der Waals surface area contributed by atoms with Gasteiger partial charge in [0.1, 0.15) is 0 Å². The molecule has 0 fully saturated rings. The zero-order valence-electron chi connectivity index (χ0n) is 22.1. The zero-order chi connectivity index (χ0) is 28.7. The van der Waals surface area contributed by atoms with Crippen molar-refractivity contribution in [3.63, 3.8) is 0 Å². The molecule has 3 rings (SSSR count). The van der Waals surface area contributed by atoms with Gasteiger partial charge in [0.25, 0.3) is 10.0 Å². The molecule has 3 aromatic carbocycles. The molecule has 13 heteroatoms. The maximum absolute atomic E-state index is 13.2. The lowest BCUT2D eigenvalue weighted by atomic mass is 10.1. The molecule has 0 aliphatic rings. The molecule has 0 heterocycles. The van der Waals surface area contributed by atoms with Crippen LogP contribution in [-0.4, -0.2) is 56.0 Å². The largest absolute Gasteiger partial charge is 0.493 e.